The van der Waals surface area contributed by atoms with Crippen molar-refractivity contribution in [1.82, 2.24) is 5.32 Å². The van der Waals surface area contributed by atoms with E-state index in [1.807, 2.05) is 37.3 Å². The second-order valence-electron chi connectivity index (χ2n) is 5.13. The summed E-state index contributed by atoms with van der Waals surface area (Å²) in [6, 6.07) is 15.4. The van der Waals surface area contributed by atoms with Crippen LogP contribution < -0.4 is 10.6 Å². The Morgan fingerprint density at radius 1 is 0.958 bits per heavy atom. The van der Waals surface area contributed by atoms with E-state index in [0.29, 0.717) is 5.69 Å². The summed E-state index contributed by atoms with van der Waals surface area (Å²) in [5.74, 6) is -1.22. The van der Waals surface area contributed by atoms with Crippen LogP contribution in [0.25, 0.3) is 0 Å². The van der Waals surface area contributed by atoms with E-state index in [1.165, 1.54) is 0 Å². The molecule has 0 aliphatic rings. The highest BCUT2D eigenvalue weighted by Crippen LogP contribution is 2.08. The number of hydrogen-bond acceptors (Lipinski definition) is 4. The average molecular weight is 326 g/mol. The predicted molar refractivity (Wildman–Crippen MR) is 89.4 cm³/mol. The molecular weight excluding hydrogens is 308 g/mol. The number of rotatable bonds is 5. The average Bonchev–Trinajstić information content (AvgIpc) is 2.56. The lowest BCUT2D eigenvalue weighted by atomic mass is 10.1. The molecule has 124 valence electrons. The van der Waals surface area contributed by atoms with Gasteiger partial charge >= 0.3 is 12.0 Å². The second kappa shape index (κ2) is 8.47. The highest BCUT2D eigenvalue weighted by Gasteiger charge is 2.12. The molecule has 0 heterocycles. The number of aryl methyl sites for hydroxylation is 1. The standard InChI is InChI=1S/C18H18N2O4/c1-13-7-5-6-8-14(13)11-17(22)24-12-16(21)20-18(23)19-15-9-3-2-4-10-15/h2-10H,11-12H2,1H3,(H2,19,20,21,23). The molecule has 0 aliphatic heterocycles. The molecule has 0 atom stereocenters. The third-order valence-corrected chi connectivity index (χ3v) is 3.24. The Bertz CT molecular complexity index is 729. The zero-order chi connectivity index (χ0) is 17.4. The van der Waals surface area contributed by atoms with E-state index in [1.54, 1.807) is 24.3 Å². The van der Waals surface area contributed by atoms with Crippen molar-refractivity contribution in [2.45, 2.75) is 13.3 Å². The number of benzene rings is 2. The minimum absolute atomic E-state index is 0.0795. The van der Waals surface area contributed by atoms with Crippen molar-refractivity contribution in [1.29, 1.82) is 0 Å². The highest BCUT2D eigenvalue weighted by atomic mass is 16.5. The number of ether oxygens (including phenoxy) is 1. The van der Waals surface area contributed by atoms with Gasteiger partial charge in [0.05, 0.1) is 6.42 Å². The Labute approximate surface area is 139 Å². The molecule has 6 nitrogen and oxygen atoms in total. The summed E-state index contributed by atoms with van der Waals surface area (Å²) in [6.07, 6.45) is 0.0795. The van der Waals surface area contributed by atoms with Crippen LogP contribution in [0.2, 0.25) is 0 Å². The van der Waals surface area contributed by atoms with Crippen LogP contribution in [0, 0.1) is 6.92 Å². The lowest BCUT2D eigenvalue weighted by molar-refractivity contribution is -0.147. The number of hydrogen-bond donors (Lipinski definition) is 2. The number of para-hydroxylation sites is 1. The molecule has 0 radical (unpaired) electrons. The second-order valence-corrected chi connectivity index (χ2v) is 5.13. The van der Waals surface area contributed by atoms with Crippen molar-refractivity contribution in [2.24, 2.45) is 0 Å². The van der Waals surface area contributed by atoms with E-state index in [0.717, 1.165) is 11.1 Å². The Kier molecular flexibility index (Phi) is 6.08. The van der Waals surface area contributed by atoms with Crippen LogP contribution in [0.15, 0.2) is 54.6 Å². The fourth-order valence-electron chi connectivity index (χ4n) is 2.01. The van der Waals surface area contributed by atoms with E-state index in [2.05, 4.69) is 10.6 Å². The van der Waals surface area contributed by atoms with Crippen molar-refractivity contribution in [3.05, 3.63) is 65.7 Å². The van der Waals surface area contributed by atoms with Crippen molar-refractivity contribution >= 4 is 23.6 Å². The van der Waals surface area contributed by atoms with Gasteiger partial charge in [0.15, 0.2) is 6.61 Å². The maximum atomic E-state index is 11.7. The van der Waals surface area contributed by atoms with Gasteiger partial charge in [-0.1, -0.05) is 42.5 Å². The Morgan fingerprint density at radius 2 is 1.62 bits per heavy atom. The molecule has 0 saturated carbocycles. The highest BCUT2D eigenvalue weighted by molar-refractivity contribution is 6.01. The third kappa shape index (κ3) is 5.57. The van der Waals surface area contributed by atoms with Crippen molar-refractivity contribution in [3.8, 4) is 0 Å². The molecule has 3 amide bonds. The number of carbonyl (C=O) groups excluding carboxylic acids is 3. The summed E-state index contributed by atoms with van der Waals surface area (Å²) in [4.78, 5) is 35.0. The van der Waals surface area contributed by atoms with Gasteiger partial charge in [0.2, 0.25) is 0 Å². The third-order valence-electron chi connectivity index (χ3n) is 3.24. The molecule has 0 aromatic heterocycles. The summed E-state index contributed by atoms with van der Waals surface area (Å²) in [5.41, 5.74) is 2.37. The fraction of sp³-hybridized carbons (Fsp3) is 0.167. The van der Waals surface area contributed by atoms with Crippen LogP contribution in [-0.2, 0) is 20.7 Å². The number of esters is 1. The van der Waals surface area contributed by atoms with E-state index in [9.17, 15) is 14.4 Å². The number of amides is 3. The van der Waals surface area contributed by atoms with Gasteiger partial charge < -0.3 is 10.1 Å². The number of anilines is 1. The van der Waals surface area contributed by atoms with E-state index < -0.39 is 24.5 Å². The molecule has 2 aromatic rings. The molecule has 24 heavy (non-hydrogen) atoms. The summed E-state index contributed by atoms with van der Waals surface area (Å²) < 4.78 is 4.88. The van der Waals surface area contributed by atoms with Gasteiger partial charge in [-0.25, -0.2) is 4.79 Å². The van der Waals surface area contributed by atoms with Crippen LogP contribution in [0.4, 0.5) is 10.5 Å². The molecular formula is C18H18N2O4. The number of urea groups is 1. The molecule has 2 rings (SSSR count). The molecule has 0 bridgehead atoms. The lowest BCUT2D eigenvalue weighted by Crippen LogP contribution is -2.37. The van der Waals surface area contributed by atoms with Gasteiger partial charge in [-0.05, 0) is 30.2 Å². The monoisotopic (exact) mass is 326 g/mol. The minimum Gasteiger partial charge on any atom is -0.455 e. The largest absolute Gasteiger partial charge is 0.455 e. The molecule has 0 aliphatic carbocycles. The van der Waals surface area contributed by atoms with Crippen LogP contribution in [0.1, 0.15) is 11.1 Å². The van der Waals surface area contributed by atoms with Crippen molar-refractivity contribution < 1.29 is 19.1 Å². The Hall–Kier alpha value is -3.15. The maximum absolute atomic E-state index is 11.7. The number of imide groups is 1. The first-order chi connectivity index (χ1) is 11.5. The molecule has 2 aromatic carbocycles. The lowest BCUT2D eigenvalue weighted by Gasteiger charge is -2.08. The van der Waals surface area contributed by atoms with Gasteiger partial charge in [0.1, 0.15) is 0 Å². The van der Waals surface area contributed by atoms with Crippen LogP contribution >= 0.6 is 0 Å². The van der Waals surface area contributed by atoms with E-state index in [4.69, 9.17) is 4.74 Å². The van der Waals surface area contributed by atoms with Crippen LogP contribution in [0.5, 0.6) is 0 Å². The molecule has 0 fully saturated rings. The summed E-state index contributed by atoms with van der Waals surface area (Å²) in [5, 5.41) is 4.59. The van der Waals surface area contributed by atoms with Gasteiger partial charge in [-0.3, -0.25) is 14.9 Å². The molecule has 6 heteroatoms. The summed E-state index contributed by atoms with van der Waals surface area (Å²) >= 11 is 0. The summed E-state index contributed by atoms with van der Waals surface area (Å²) in [7, 11) is 0. The van der Waals surface area contributed by atoms with Gasteiger partial charge in [0.25, 0.3) is 5.91 Å². The van der Waals surface area contributed by atoms with Gasteiger partial charge in [-0.2, -0.15) is 0 Å². The fourth-order valence-corrected chi connectivity index (χ4v) is 2.01. The first kappa shape index (κ1) is 17.2. The zero-order valence-electron chi connectivity index (χ0n) is 13.2. The SMILES string of the molecule is Cc1ccccc1CC(=O)OCC(=O)NC(=O)Nc1ccccc1. The van der Waals surface area contributed by atoms with E-state index >= 15 is 0 Å². The smallest absolute Gasteiger partial charge is 0.325 e. The van der Waals surface area contributed by atoms with Gasteiger partial charge in [0, 0.05) is 5.69 Å². The van der Waals surface area contributed by atoms with Crippen LogP contribution in [0.3, 0.4) is 0 Å². The molecule has 2 N–H and O–H groups in total. The van der Waals surface area contributed by atoms with Gasteiger partial charge in [-0.15, -0.1) is 0 Å². The van der Waals surface area contributed by atoms with E-state index in [-0.39, 0.29) is 6.42 Å². The molecule has 0 spiro atoms. The topological polar surface area (TPSA) is 84.5 Å². The maximum Gasteiger partial charge on any atom is 0.325 e. The number of nitrogens with one attached hydrogen (secondary N) is 2. The molecule has 0 unspecified atom stereocenters. The number of carbonyl (C=O) groups is 3. The van der Waals surface area contributed by atoms with Crippen molar-refractivity contribution in [2.75, 3.05) is 11.9 Å². The zero-order valence-corrected chi connectivity index (χ0v) is 13.2. The predicted octanol–water partition coefficient (Wildman–Crippen LogP) is 2.43. The first-order valence-corrected chi connectivity index (χ1v) is 7.40. The first-order valence-electron chi connectivity index (χ1n) is 7.40. The quantitative estimate of drug-likeness (QED) is 0.827. The summed E-state index contributed by atoms with van der Waals surface area (Å²) in [6.45, 7) is 1.39. The Morgan fingerprint density at radius 3 is 2.33 bits per heavy atom. The van der Waals surface area contributed by atoms with Crippen LogP contribution in [-0.4, -0.2) is 24.5 Å². The normalized spacial score (nSPS) is 9.88. The minimum atomic E-state index is -0.693. The Balaban J connectivity index is 1.73. The van der Waals surface area contributed by atoms with Crippen molar-refractivity contribution in [3.63, 3.8) is 0 Å². The molecule has 0 saturated heterocycles.